The minimum Gasteiger partial charge on any atom is -0.352 e. The maximum Gasteiger partial charge on any atom is 0.253 e. The SMILES string of the molecule is Cc1cc2cc(CNC(=O)CCCC(=O)c3cccs3)c(=O)[nH]c2cc1C. The highest BCUT2D eigenvalue weighted by Crippen LogP contribution is 2.17. The van der Waals surface area contributed by atoms with E-state index in [2.05, 4.69) is 10.3 Å². The van der Waals surface area contributed by atoms with Gasteiger partial charge in [0.25, 0.3) is 5.56 Å². The molecule has 5 nitrogen and oxygen atoms in total. The number of aromatic amines is 1. The molecule has 0 aliphatic heterocycles. The number of hydrogen-bond donors (Lipinski definition) is 2. The molecule has 3 aromatic rings. The number of aryl methyl sites for hydroxylation is 2. The number of nitrogens with one attached hydrogen (secondary N) is 2. The van der Waals surface area contributed by atoms with Gasteiger partial charge in [-0.2, -0.15) is 0 Å². The van der Waals surface area contributed by atoms with Crippen molar-refractivity contribution >= 4 is 33.9 Å². The van der Waals surface area contributed by atoms with Crippen LogP contribution in [0.15, 0.2) is 40.5 Å². The Morgan fingerprint density at radius 1 is 1.11 bits per heavy atom. The van der Waals surface area contributed by atoms with E-state index < -0.39 is 0 Å². The molecule has 2 N–H and O–H groups in total. The van der Waals surface area contributed by atoms with Crippen molar-refractivity contribution in [3.05, 3.63) is 67.6 Å². The summed E-state index contributed by atoms with van der Waals surface area (Å²) in [6.45, 7) is 4.21. The lowest BCUT2D eigenvalue weighted by atomic mass is 10.0. The summed E-state index contributed by atoms with van der Waals surface area (Å²) in [6.07, 6.45) is 1.11. The van der Waals surface area contributed by atoms with Crippen molar-refractivity contribution in [2.24, 2.45) is 0 Å². The Hall–Kier alpha value is -2.73. The molecule has 0 aliphatic rings. The van der Waals surface area contributed by atoms with Crippen LogP contribution in [0.3, 0.4) is 0 Å². The fourth-order valence-corrected chi connectivity index (χ4v) is 3.60. The molecule has 27 heavy (non-hydrogen) atoms. The Morgan fingerprint density at radius 2 is 1.89 bits per heavy atom. The molecule has 1 amide bonds. The van der Waals surface area contributed by atoms with Gasteiger partial charge in [-0.25, -0.2) is 0 Å². The van der Waals surface area contributed by atoms with E-state index in [4.69, 9.17) is 0 Å². The van der Waals surface area contributed by atoms with Gasteiger partial charge in [0.05, 0.1) is 4.88 Å². The summed E-state index contributed by atoms with van der Waals surface area (Å²) in [5.41, 5.74) is 3.40. The number of H-pyrrole nitrogens is 1. The highest BCUT2D eigenvalue weighted by molar-refractivity contribution is 7.12. The predicted molar refractivity (Wildman–Crippen MR) is 108 cm³/mol. The fourth-order valence-electron chi connectivity index (χ4n) is 2.91. The van der Waals surface area contributed by atoms with Crippen LogP contribution in [0.1, 0.15) is 45.6 Å². The molecule has 0 aliphatic carbocycles. The zero-order chi connectivity index (χ0) is 19.4. The Morgan fingerprint density at radius 3 is 2.63 bits per heavy atom. The van der Waals surface area contributed by atoms with Crippen LogP contribution in [0.4, 0.5) is 0 Å². The van der Waals surface area contributed by atoms with Crippen LogP contribution in [-0.4, -0.2) is 16.7 Å². The highest BCUT2D eigenvalue weighted by Gasteiger charge is 2.10. The monoisotopic (exact) mass is 382 g/mol. The van der Waals surface area contributed by atoms with Gasteiger partial charge in [0.1, 0.15) is 0 Å². The second kappa shape index (κ2) is 8.31. The molecular weight excluding hydrogens is 360 g/mol. The van der Waals surface area contributed by atoms with Crippen LogP contribution in [0.5, 0.6) is 0 Å². The van der Waals surface area contributed by atoms with E-state index in [0.717, 1.165) is 26.9 Å². The lowest BCUT2D eigenvalue weighted by molar-refractivity contribution is -0.121. The van der Waals surface area contributed by atoms with E-state index in [1.807, 2.05) is 43.5 Å². The largest absolute Gasteiger partial charge is 0.352 e. The average Bonchev–Trinajstić information content (AvgIpc) is 3.16. The zero-order valence-corrected chi connectivity index (χ0v) is 16.2. The predicted octanol–water partition coefficient (Wildman–Crippen LogP) is 3.88. The van der Waals surface area contributed by atoms with E-state index in [9.17, 15) is 14.4 Å². The van der Waals surface area contributed by atoms with Gasteiger partial charge in [0.15, 0.2) is 5.78 Å². The molecule has 1 aromatic carbocycles. The number of fused-ring (bicyclic) bond motifs is 1. The van der Waals surface area contributed by atoms with Gasteiger partial charge in [-0.05, 0) is 66.4 Å². The summed E-state index contributed by atoms with van der Waals surface area (Å²) in [5, 5.41) is 5.58. The molecular formula is C21H22N2O3S. The fraction of sp³-hybridized carbons (Fsp3) is 0.286. The Balaban J connectivity index is 1.55. The molecule has 0 fully saturated rings. The molecule has 0 radical (unpaired) electrons. The minimum atomic E-state index is -0.195. The van der Waals surface area contributed by atoms with E-state index in [1.165, 1.54) is 11.3 Å². The summed E-state index contributed by atoms with van der Waals surface area (Å²) < 4.78 is 0. The summed E-state index contributed by atoms with van der Waals surface area (Å²) in [7, 11) is 0. The number of benzene rings is 1. The molecule has 140 valence electrons. The Kier molecular flexibility index (Phi) is 5.86. The number of aromatic nitrogens is 1. The number of Topliss-reactive ketones (excluding diaryl/α,β-unsaturated/α-hetero) is 1. The molecule has 2 heterocycles. The van der Waals surface area contributed by atoms with Crippen molar-refractivity contribution < 1.29 is 9.59 Å². The molecule has 0 spiro atoms. The summed E-state index contributed by atoms with van der Waals surface area (Å²) in [4.78, 5) is 39.8. The van der Waals surface area contributed by atoms with Gasteiger partial charge in [-0.1, -0.05) is 6.07 Å². The molecule has 2 aromatic heterocycles. The third-order valence-corrected chi connectivity index (χ3v) is 5.53. The molecule has 3 rings (SSSR count). The smallest absolute Gasteiger partial charge is 0.253 e. The molecule has 0 bridgehead atoms. The van der Waals surface area contributed by atoms with Gasteiger partial charge in [-0.15, -0.1) is 11.3 Å². The van der Waals surface area contributed by atoms with Gasteiger partial charge in [0, 0.05) is 30.5 Å². The Labute approximate surface area is 161 Å². The van der Waals surface area contributed by atoms with Crippen molar-refractivity contribution in [2.75, 3.05) is 0 Å². The first-order valence-electron chi connectivity index (χ1n) is 8.90. The van der Waals surface area contributed by atoms with Crippen molar-refractivity contribution in [3.63, 3.8) is 0 Å². The number of hydrogen-bond acceptors (Lipinski definition) is 4. The van der Waals surface area contributed by atoms with Crippen LogP contribution in [0, 0.1) is 13.8 Å². The second-order valence-corrected chi connectivity index (χ2v) is 7.63. The number of ketones is 1. The second-order valence-electron chi connectivity index (χ2n) is 6.68. The quantitative estimate of drug-likeness (QED) is 0.609. The first kappa shape index (κ1) is 19.0. The number of amides is 1. The van der Waals surface area contributed by atoms with E-state index in [0.29, 0.717) is 18.4 Å². The summed E-state index contributed by atoms with van der Waals surface area (Å²) in [5.74, 6) is -0.0944. The minimum absolute atomic E-state index is 0.0643. The molecule has 0 saturated heterocycles. The van der Waals surface area contributed by atoms with Crippen LogP contribution in [-0.2, 0) is 11.3 Å². The van der Waals surface area contributed by atoms with E-state index in [-0.39, 0.29) is 30.2 Å². The van der Waals surface area contributed by atoms with E-state index in [1.54, 1.807) is 6.07 Å². The highest BCUT2D eigenvalue weighted by atomic mass is 32.1. The molecule has 0 saturated carbocycles. The van der Waals surface area contributed by atoms with Gasteiger partial charge in [-0.3, -0.25) is 14.4 Å². The molecule has 0 atom stereocenters. The van der Waals surface area contributed by atoms with Crippen molar-refractivity contribution in [1.29, 1.82) is 0 Å². The van der Waals surface area contributed by atoms with Crippen molar-refractivity contribution in [2.45, 2.75) is 39.7 Å². The van der Waals surface area contributed by atoms with Crippen molar-refractivity contribution in [3.8, 4) is 0 Å². The van der Waals surface area contributed by atoms with E-state index >= 15 is 0 Å². The third kappa shape index (κ3) is 4.71. The number of rotatable bonds is 7. The topological polar surface area (TPSA) is 79.0 Å². The maximum absolute atomic E-state index is 12.2. The zero-order valence-electron chi connectivity index (χ0n) is 15.4. The third-order valence-electron chi connectivity index (χ3n) is 4.62. The van der Waals surface area contributed by atoms with Crippen LogP contribution >= 0.6 is 11.3 Å². The maximum atomic E-state index is 12.2. The van der Waals surface area contributed by atoms with Gasteiger partial charge in [0.2, 0.25) is 5.91 Å². The standard InChI is InChI=1S/C21H22N2O3S/c1-13-9-15-11-16(21(26)23-17(15)10-14(13)2)12-22-20(25)7-3-5-18(24)19-6-4-8-27-19/h4,6,8-11H,3,5,7,12H2,1-2H3,(H,22,25)(H,23,26). The number of carbonyl (C=O) groups is 2. The van der Waals surface area contributed by atoms with Gasteiger partial charge >= 0.3 is 0 Å². The lowest BCUT2D eigenvalue weighted by Crippen LogP contribution is -2.26. The average molecular weight is 382 g/mol. The Bertz CT molecular complexity index is 1040. The van der Waals surface area contributed by atoms with Crippen LogP contribution in [0.2, 0.25) is 0 Å². The summed E-state index contributed by atoms with van der Waals surface area (Å²) in [6, 6.07) is 9.44. The summed E-state index contributed by atoms with van der Waals surface area (Å²) >= 11 is 1.41. The molecule has 0 unspecified atom stereocenters. The number of carbonyl (C=O) groups excluding carboxylic acids is 2. The normalized spacial score (nSPS) is 10.9. The first-order chi connectivity index (χ1) is 12.9. The molecule has 6 heteroatoms. The van der Waals surface area contributed by atoms with Crippen molar-refractivity contribution in [1.82, 2.24) is 10.3 Å². The number of pyridine rings is 1. The number of thiophene rings is 1. The first-order valence-corrected chi connectivity index (χ1v) is 9.78. The van der Waals surface area contributed by atoms with Crippen LogP contribution in [0.25, 0.3) is 10.9 Å². The van der Waals surface area contributed by atoms with Gasteiger partial charge < -0.3 is 10.3 Å². The lowest BCUT2D eigenvalue weighted by Gasteiger charge is -2.08. The van der Waals surface area contributed by atoms with Crippen LogP contribution < -0.4 is 10.9 Å².